The molecule has 0 bridgehead atoms. The van der Waals surface area contributed by atoms with Gasteiger partial charge in [0, 0.05) is 24.1 Å². The molecule has 1 aromatic heterocycles. The van der Waals surface area contributed by atoms with Gasteiger partial charge >= 0.3 is 0 Å². The molecule has 0 aliphatic heterocycles. The molecule has 2 aromatic carbocycles. The van der Waals surface area contributed by atoms with Crippen molar-refractivity contribution >= 4 is 17.7 Å². The second kappa shape index (κ2) is 7.94. The molecule has 128 valence electrons. The van der Waals surface area contributed by atoms with Crippen molar-refractivity contribution in [3.63, 3.8) is 0 Å². The van der Waals surface area contributed by atoms with E-state index >= 15 is 0 Å². The highest BCUT2D eigenvalue weighted by atomic mass is 32.2. The van der Waals surface area contributed by atoms with Crippen molar-refractivity contribution in [2.75, 3.05) is 13.3 Å². The quantitative estimate of drug-likeness (QED) is 0.638. The zero-order chi connectivity index (χ0) is 17.6. The molecule has 3 aromatic rings. The van der Waals surface area contributed by atoms with Crippen molar-refractivity contribution in [2.24, 2.45) is 0 Å². The van der Waals surface area contributed by atoms with E-state index in [1.807, 2.05) is 48.7 Å². The van der Waals surface area contributed by atoms with E-state index in [1.54, 1.807) is 23.7 Å². The van der Waals surface area contributed by atoms with Crippen LogP contribution in [0.1, 0.15) is 5.56 Å². The molecule has 0 atom stereocenters. The van der Waals surface area contributed by atoms with Gasteiger partial charge in [-0.3, -0.25) is 4.79 Å². The highest BCUT2D eigenvalue weighted by Gasteiger charge is 2.13. The first kappa shape index (κ1) is 17.2. The van der Waals surface area contributed by atoms with E-state index in [0.717, 1.165) is 11.1 Å². The number of carbonyl (C=O) groups excluding carboxylic acids is 1. The Balaban J connectivity index is 1.60. The molecule has 0 fully saturated rings. The number of aromatic nitrogens is 4. The number of rotatable bonds is 6. The van der Waals surface area contributed by atoms with Crippen LogP contribution in [0.15, 0.2) is 59.5 Å². The summed E-state index contributed by atoms with van der Waals surface area (Å²) in [5.74, 6) is 0.453. The standard InChI is InChI=1S/C18H19N5OS/c1-22(12-14-8-10-16(25-2)11-9-14)17(24)13-23-20-18(19-21-23)15-6-4-3-5-7-15/h3-11H,12-13H2,1-2H3. The van der Waals surface area contributed by atoms with E-state index in [-0.39, 0.29) is 12.5 Å². The molecule has 0 unspecified atom stereocenters. The van der Waals surface area contributed by atoms with Crippen LogP contribution in [0.3, 0.4) is 0 Å². The van der Waals surface area contributed by atoms with Gasteiger partial charge in [0.25, 0.3) is 0 Å². The second-order valence-electron chi connectivity index (χ2n) is 5.61. The monoisotopic (exact) mass is 353 g/mol. The Morgan fingerprint density at radius 2 is 1.84 bits per heavy atom. The molecule has 0 aliphatic rings. The number of nitrogens with zero attached hydrogens (tertiary/aromatic N) is 5. The number of hydrogen-bond acceptors (Lipinski definition) is 5. The van der Waals surface area contributed by atoms with Crippen LogP contribution in [0.2, 0.25) is 0 Å². The average molecular weight is 353 g/mol. The summed E-state index contributed by atoms with van der Waals surface area (Å²) < 4.78 is 0. The lowest BCUT2D eigenvalue weighted by Gasteiger charge is -2.16. The van der Waals surface area contributed by atoms with E-state index in [4.69, 9.17) is 0 Å². The lowest BCUT2D eigenvalue weighted by Crippen LogP contribution is -2.30. The molecule has 6 nitrogen and oxygen atoms in total. The first-order valence-electron chi connectivity index (χ1n) is 7.86. The first-order chi connectivity index (χ1) is 12.2. The summed E-state index contributed by atoms with van der Waals surface area (Å²) in [4.78, 5) is 16.6. The van der Waals surface area contributed by atoms with Crippen LogP contribution in [0.25, 0.3) is 11.4 Å². The lowest BCUT2D eigenvalue weighted by molar-refractivity contribution is -0.131. The Morgan fingerprint density at radius 3 is 2.52 bits per heavy atom. The molecule has 3 rings (SSSR count). The zero-order valence-electron chi connectivity index (χ0n) is 14.2. The minimum absolute atomic E-state index is 0.0639. The highest BCUT2D eigenvalue weighted by Crippen LogP contribution is 2.16. The summed E-state index contributed by atoms with van der Waals surface area (Å²) in [6.45, 7) is 0.618. The fourth-order valence-electron chi connectivity index (χ4n) is 2.35. The normalized spacial score (nSPS) is 10.6. The minimum atomic E-state index is -0.0639. The van der Waals surface area contributed by atoms with Crippen LogP contribution in [-0.2, 0) is 17.9 Å². The van der Waals surface area contributed by atoms with Gasteiger partial charge in [0.2, 0.25) is 11.7 Å². The molecule has 0 saturated carbocycles. The summed E-state index contributed by atoms with van der Waals surface area (Å²) in [7, 11) is 1.78. The fraction of sp³-hybridized carbons (Fsp3) is 0.222. The second-order valence-corrected chi connectivity index (χ2v) is 6.49. The third-order valence-corrected chi connectivity index (χ3v) is 4.51. The van der Waals surface area contributed by atoms with Crippen LogP contribution < -0.4 is 0 Å². The predicted octanol–water partition coefficient (Wildman–Crippen LogP) is 2.72. The Hall–Kier alpha value is -2.67. The third kappa shape index (κ3) is 4.45. The summed E-state index contributed by atoms with van der Waals surface area (Å²) in [6.07, 6.45) is 2.04. The molecule has 1 heterocycles. The maximum Gasteiger partial charge on any atom is 0.246 e. The Labute approximate surface area is 150 Å². The van der Waals surface area contributed by atoms with E-state index in [9.17, 15) is 4.79 Å². The zero-order valence-corrected chi connectivity index (χ0v) is 15.0. The molecule has 25 heavy (non-hydrogen) atoms. The Kier molecular flexibility index (Phi) is 5.45. The number of likely N-dealkylation sites (N-methyl/N-ethyl adjacent to an activating group) is 1. The number of carbonyl (C=O) groups is 1. The third-order valence-electron chi connectivity index (χ3n) is 3.77. The maximum absolute atomic E-state index is 12.4. The number of thioether (sulfide) groups is 1. The molecular weight excluding hydrogens is 334 g/mol. The van der Waals surface area contributed by atoms with Gasteiger partial charge in [-0.15, -0.1) is 22.0 Å². The van der Waals surface area contributed by atoms with Crippen LogP contribution in [0.5, 0.6) is 0 Å². The van der Waals surface area contributed by atoms with E-state index < -0.39 is 0 Å². The summed E-state index contributed by atoms with van der Waals surface area (Å²) >= 11 is 1.70. The van der Waals surface area contributed by atoms with Gasteiger partial charge < -0.3 is 4.90 Å². The SMILES string of the molecule is CSc1ccc(CN(C)C(=O)Cn2nnc(-c3ccccc3)n2)cc1. The van der Waals surface area contributed by atoms with Crippen LogP contribution >= 0.6 is 11.8 Å². The van der Waals surface area contributed by atoms with Crippen molar-refractivity contribution in [3.05, 3.63) is 60.2 Å². The summed E-state index contributed by atoms with van der Waals surface area (Å²) in [5.41, 5.74) is 1.97. The van der Waals surface area contributed by atoms with Crippen molar-refractivity contribution in [3.8, 4) is 11.4 Å². The summed E-state index contributed by atoms with van der Waals surface area (Å²) in [5, 5.41) is 12.3. The van der Waals surface area contributed by atoms with Gasteiger partial charge in [-0.25, -0.2) is 0 Å². The van der Waals surface area contributed by atoms with E-state index in [0.29, 0.717) is 12.4 Å². The van der Waals surface area contributed by atoms with Crippen molar-refractivity contribution in [1.29, 1.82) is 0 Å². The average Bonchev–Trinajstić information content (AvgIpc) is 3.11. The highest BCUT2D eigenvalue weighted by molar-refractivity contribution is 7.98. The molecule has 0 aliphatic carbocycles. The van der Waals surface area contributed by atoms with E-state index in [2.05, 4.69) is 27.5 Å². The number of benzene rings is 2. The molecule has 1 amide bonds. The van der Waals surface area contributed by atoms with Gasteiger partial charge in [-0.2, -0.15) is 4.80 Å². The van der Waals surface area contributed by atoms with Crippen molar-refractivity contribution in [1.82, 2.24) is 25.1 Å². The van der Waals surface area contributed by atoms with Gasteiger partial charge in [-0.05, 0) is 29.2 Å². The fourth-order valence-corrected chi connectivity index (χ4v) is 2.76. The number of amides is 1. The van der Waals surface area contributed by atoms with Gasteiger partial charge in [0.15, 0.2) is 0 Å². The number of hydrogen-bond donors (Lipinski definition) is 0. The Morgan fingerprint density at radius 1 is 1.12 bits per heavy atom. The lowest BCUT2D eigenvalue weighted by atomic mass is 10.2. The number of tetrazole rings is 1. The predicted molar refractivity (Wildman–Crippen MR) is 98.0 cm³/mol. The molecule has 0 saturated heterocycles. The van der Waals surface area contributed by atoms with Gasteiger partial charge in [-0.1, -0.05) is 42.5 Å². The van der Waals surface area contributed by atoms with E-state index in [1.165, 1.54) is 9.69 Å². The van der Waals surface area contributed by atoms with Gasteiger partial charge in [0.1, 0.15) is 6.54 Å². The van der Waals surface area contributed by atoms with Crippen LogP contribution in [0, 0.1) is 0 Å². The molecular formula is C18H19N5OS. The first-order valence-corrected chi connectivity index (χ1v) is 9.08. The molecule has 0 N–H and O–H groups in total. The minimum Gasteiger partial charge on any atom is -0.340 e. The van der Waals surface area contributed by atoms with Crippen molar-refractivity contribution in [2.45, 2.75) is 18.0 Å². The van der Waals surface area contributed by atoms with Crippen LogP contribution in [0.4, 0.5) is 0 Å². The molecule has 7 heteroatoms. The maximum atomic E-state index is 12.4. The summed E-state index contributed by atoms with van der Waals surface area (Å²) in [6, 6.07) is 17.8. The largest absolute Gasteiger partial charge is 0.340 e. The van der Waals surface area contributed by atoms with Crippen molar-refractivity contribution < 1.29 is 4.79 Å². The van der Waals surface area contributed by atoms with Gasteiger partial charge in [0.05, 0.1) is 0 Å². The van der Waals surface area contributed by atoms with Crippen LogP contribution in [-0.4, -0.2) is 44.3 Å². The molecule has 0 spiro atoms. The Bertz CT molecular complexity index is 832. The topological polar surface area (TPSA) is 63.9 Å². The molecule has 0 radical (unpaired) electrons. The smallest absolute Gasteiger partial charge is 0.246 e.